The average molecular weight is 258 g/mol. The third-order valence-corrected chi connectivity index (χ3v) is 2.79. The van der Waals surface area contributed by atoms with Gasteiger partial charge in [0.1, 0.15) is 18.1 Å². The van der Waals surface area contributed by atoms with Crippen molar-refractivity contribution in [2.45, 2.75) is 13.5 Å². The molecule has 19 heavy (non-hydrogen) atoms. The minimum Gasteiger partial charge on any atom is -0.508 e. The van der Waals surface area contributed by atoms with Crippen LogP contribution in [0.3, 0.4) is 0 Å². The summed E-state index contributed by atoms with van der Waals surface area (Å²) in [6.07, 6.45) is 0. The third-order valence-electron chi connectivity index (χ3n) is 2.79. The van der Waals surface area contributed by atoms with Gasteiger partial charge >= 0.3 is 5.97 Å². The molecular weight excluding hydrogens is 244 g/mol. The lowest BCUT2D eigenvalue weighted by Crippen LogP contribution is -2.00. The van der Waals surface area contributed by atoms with E-state index in [4.69, 9.17) is 9.84 Å². The third kappa shape index (κ3) is 3.25. The van der Waals surface area contributed by atoms with E-state index in [1.54, 1.807) is 0 Å². The van der Waals surface area contributed by atoms with Gasteiger partial charge in [0.25, 0.3) is 0 Å². The lowest BCUT2D eigenvalue weighted by Gasteiger charge is -2.09. The van der Waals surface area contributed by atoms with Gasteiger partial charge in [-0.2, -0.15) is 0 Å². The highest BCUT2D eigenvalue weighted by Gasteiger charge is 2.08. The number of carbonyl (C=O) groups is 1. The number of hydrogen-bond acceptors (Lipinski definition) is 3. The highest BCUT2D eigenvalue weighted by atomic mass is 16.5. The average Bonchev–Trinajstić information content (AvgIpc) is 2.37. The first-order chi connectivity index (χ1) is 9.06. The van der Waals surface area contributed by atoms with E-state index < -0.39 is 5.97 Å². The van der Waals surface area contributed by atoms with Crippen LogP contribution in [0.2, 0.25) is 0 Å². The van der Waals surface area contributed by atoms with Gasteiger partial charge in [-0.1, -0.05) is 24.3 Å². The van der Waals surface area contributed by atoms with Crippen LogP contribution in [0, 0.1) is 6.92 Å². The number of benzene rings is 2. The van der Waals surface area contributed by atoms with E-state index in [0.717, 1.165) is 11.1 Å². The van der Waals surface area contributed by atoms with Crippen LogP contribution in [0.5, 0.6) is 11.5 Å². The molecule has 0 bridgehead atoms. The lowest BCUT2D eigenvalue weighted by molar-refractivity contribution is 0.0696. The Bertz CT molecular complexity index is 605. The Labute approximate surface area is 110 Å². The number of aromatic hydroxyl groups is 1. The molecule has 0 radical (unpaired) electrons. The van der Waals surface area contributed by atoms with E-state index in [2.05, 4.69) is 0 Å². The van der Waals surface area contributed by atoms with Gasteiger partial charge in [-0.25, -0.2) is 4.79 Å². The number of phenolic OH excluding ortho intramolecular Hbond substituents is 1. The minimum atomic E-state index is -1.10. The Kier molecular flexibility index (Phi) is 3.71. The van der Waals surface area contributed by atoms with Gasteiger partial charge in [-0.15, -0.1) is 0 Å². The van der Waals surface area contributed by atoms with Gasteiger partial charge in [-0.3, -0.25) is 0 Å². The Morgan fingerprint density at radius 2 is 1.95 bits per heavy atom. The van der Waals surface area contributed by atoms with Crippen molar-refractivity contribution in [1.29, 1.82) is 0 Å². The number of ether oxygens (including phenoxy) is 1. The molecule has 0 aliphatic rings. The maximum absolute atomic E-state index is 10.9. The van der Waals surface area contributed by atoms with Crippen molar-refractivity contribution in [3.8, 4) is 11.5 Å². The molecule has 0 amide bonds. The van der Waals surface area contributed by atoms with Crippen LogP contribution in [0.15, 0.2) is 42.5 Å². The first kappa shape index (κ1) is 13.0. The van der Waals surface area contributed by atoms with Gasteiger partial charge < -0.3 is 14.9 Å². The van der Waals surface area contributed by atoms with Gasteiger partial charge in [0, 0.05) is 6.07 Å². The maximum atomic E-state index is 10.9. The first-order valence-corrected chi connectivity index (χ1v) is 5.81. The maximum Gasteiger partial charge on any atom is 0.335 e. The van der Waals surface area contributed by atoms with Crippen LogP contribution < -0.4 is 4.74 Å². The molecule has 0 heterocycles. The van der Waals surface area contributed by atoms with E-state index in [9.17, 15) is 9.90 Å². The molecule has 2 aromatic carbocycles. The number of aryl methyl sites for hydroxylation is 1. The van der Waals surface area contributed by atoms with Crippen LogP contribution in [0.1, 0.15) is 21.5 Å². The number of rotatable bonds is 4. The molecular formula is C15H14O4. The molecule has 0 saturated carbocycles. The van der Waals surface area contributed by atoms with Crippen molar-refractivity contribution in [1.82, 2.24) is 0 Å². The van der Waals surface area contributed by atoms with E-state index in [1.807, 2.05) is 31.2 Å². The predicted octanol–water partition coefficient (Wildman–Crippen LogP) is 2.98. The van der Waals surface area contributed by atoms with Crippen LogP contribution in [-0.4, -0.2) is 16.2 Å². The van der Waals surface area contributed by atoms with Crippen molar-refractivity contribution >= 4 is 5.97 Å². The number of carboxylic acids is 1. The highest BCUT2D eigenvalue weighted by molar-refractivity contribution is 5.88. The van der Waals surface area contributed by atoms with Gasteiger partial charge in [0.15, 0.2) is 0 Å². The molecule has 0 saturated heterocycles. The second-order valence-electron chi connectivity index (χ2n) is 4.24. The Morgan fingerprint density at radius 3 is 2.63 bits per heavy atom. The molecule has 4 nitrogen and oxygen atoms in total. The largest absolute Gasteiger partial charge is 0.508 e. The molecule has 0 aromatic heterocycles. The predicted molar refractivity (Wildman–Crippen MR) is 70.6 cm³/mol. The zero-order valence-electron chi connectivity index (χ0n) is 10.5. The van der Waals surface area contributed by atoms with Crippen molar-refractivity contribution in [3.63, 3.8) is 0 Å². The second-order valence-corrected chi connectivity index (χ2v) is 4.24. The summed E-state index contributed by atoms with van der Waals surface area (Å²) in [5.41, 5.74) is 2.11. The summed E-state index contributed by atoms with van der Waals surface area (Å²) >= 11 is 0. The Balaban J connectivity index is 2.16. The first-order valence-electron chi connectivity index (χ1n) is 5.81. The summed E-state index contributed by atoms with van der Waals surface area (Å²) in [5, 5.41) is 18.3. The molecule has 4 heteroatoms. The van der Waals surface area contributed by atoms with E-state index in [0.29, 0.717) is 12.4 Å². The van der Waals surface area contributed by atoms with Crippen LogP contribution in [0.4, 0.5) is 0 Å². The lowest BCUT2D eigenvalue weighted by atomic mass is 10.1. The Morgan fingerprint density at radius 1 is 1.21 bits per heavy atom. The fraction of sp³-hybridized carbons (Fsp3) is 0.133. The minimum absolute atomic E-state index is 0.000200. The number of aromatic carboxylic acids is 1. The van der Waals surface area contributed by atoms with Crippen LogP contribution in [0.25, 0.3) is 0 Å². The molecule has 2 aromatic rings. The zero-order chi connectivity index (χ0) is 13.8. The fourth-order valence-electron chi connectivity index (χ4n) is 1.72. The molecule has 0 spiro atoms. The molecule has 0 fully saturated rings. The second kappa shape index (κ2) is 5.44. The SMILES string of the molecule is Cc1ccccc1COc1cc(O)cc(C(=O)O)c1. The smallest absolute Gasteiger partial charge is 0.335 e. The molecule has 98 valence electrons. The Hall–Kier alpha value is -2.49. The zero-order valence-corrected chi connectivity index (χ0v) is 10.5. The molecule has 0 aliphatic heterocycles. The van der Waals surface area contributed by atoms with Gasteiger partial charge in [-0.05, 0) is 30.2 Å². The summed E-state index contributed by atoms with van der Waals surface area (Å²) in [6.45, 7) is 2.30. The van der Waals surface area contributed by atoms with Gasteiger partial charge in [0.2, 0.25) is 0 Å². The molecule has 0 atom stereocenters. The fourth-order valence-corrected chi connectivity index (χ4v) is 1.72. The number of carboxylic acid groups (broad SMARTS) is 1. The van der Waals surface area contributed by atoms with Crippen LogP contribution in [-0.2, 0) is 6.61 Å². The topological polar surface area (TPSA) is 66.8 Å². The normalized spacial score (nSPS) is 10.2. The van der Waals surface area contributed by atoms with Crippen molar-refractivity contribution in [2.24, 2.45) is 0 Å². The summed E-state index contributed by atoms with van der Waals surface area (Å²) in [7, 11) is 0. The van der Waals surface area contributed by atoms with E-state index in [1.165, 1.54) is 18.2 Å². The molecule has 2 rings (SSSR count). The molecule has 2 N–H and O–H groups in total. The molecule has 0 aliphatic carbocycles. The highest BCUT2D eigenvalue weighted by Crippen LogP contribution is 2.23. The quantitative estimate of drug-likeness (QED) is 0.884. The number of hydrogen-bond donors (Lipinski definition) is 2. The summed E-state index contributed by atoms with van der Waals surface area (Å²) in [4.78, 5) is 10.9. The summed E-state index contributed by atoms with van der Waals surface area (Å²) < 4.78 is 5.52. The summed E-state index contributed by atoms with van der Waals surface area (Å²) in [6, 6.07) is 11.7. The van der Waals surface area contributed by atoms with E-state index >= 15 is 0 Å². The molecule has 0 unspecified atom stereocenters. The van der Waals surface area contributed by atoms with Gasteiger partial charge in [0.05, 0.1) is 5.56 Å². The van der Waals surface area contributed by atoms with Crippen molar-refractivity contribution in [3.05, 3.63) is 59.2 Å². The van der Waals surface area contributed by atoms with Crippen molar-refractivity contribution < 1.29 is 19.7 Å². The standard InChI is InChI=1S/C15H14O4/c1-10-4-2-3-5-11(10)9-19-14-7-12(15(17)18)6-13(16)8-14/h2-8,16H,9H2,1H3,(H,17,18). The van der Waals surface area contributed by atoms with E-state index in [-0.39, 0.29) is 11.3 Å². The van der Waals surface area contributed by atoms with Crippen LogP contribution >= 0.6 is 0 Å². The monoisotopic (exact) mass is 258 g/mol. The van der Waals surface area contributed by atoms with Crippen molar-refractivity contribution in [2.75, 3.05) is 0 Å². The summed E-state index contributed by atoms with van der Waals surface area (Å²) in [5.74, 6) is -0.892. The number of phenols is 1.